The first kappa shape index (κ1) is 19.2. The average molecular weight is 364 g/mol. The molecule has 9 heteroatoms. The van der Waals surface area contributed by atoms with E-state index in [-0.39, 0.29) is 6.61 Å². The van der Waals surface area contributed by atoms with Gasteiger partial charge in [0, 0.05) is 6.54 Å². The zero-order valence-electron chi connectivity index (χ0n) is 14.0. The second-order valence-corrected chi connectivity index (χ2v) is 5.89. The van der Waals surface area contributed by atoms with Crippen LogP contribution in [0.2, 0.25) is 0 Å². The number of nitrogens with zero attached hydrogens (tertiary/aromatic N) is 1. The molecule has 0 aromatic heterocycles. The van der Waals surface area contributed by atoms with Crippen LogP contribution in [-0.4, -0.2) is 57.7 Å². The monoisotopic (exact) mass is 364 g/mol. The van der Waals surface area contributed by atoms with Gasteiger partial charge in [-0.3, -0.25) is 14.5 Å². The van der Waals surface area contributed by atoms with Crippen LogP contribution in [0.25, 0.3) is 0 Å². The zero-order chi connectivity index (χ0) is 19.1. The Morgan fingerprint density at radius 2 is 1.88 bits per heavy atom. The summed E-state index contributed by atoms with van der Waals surface area (Å²) >= 11 is 0. The summed E-state index contributed by atoms with van der Waals surface area (Å²) in [4.78, 5) is 47.6. The molecule has 0 bridgehead atoms. The number of nitrogens with one attached hydrogen (secondary N) is 1. The van der Waals surface area contributed by atoms with Crippen molar-refractivity contribution in [2.75, 3.05) is 6.54 Å². The number of carboxylic acids is 2. The van der Waals surface area contributed by atoms with Gasteiger partial charge in [-0.2, -0.15) is 0 Å². The summed E-state index contributed by atoms with van der Waals surface area (Å²) in [5.74, 6) is -3.49. The largest absolute Gasteiger partial charge is 0.481 e. The number of rotatable bonds is 7. The number of hydrogen-bond acceptors (Lipinski definition) is 5. The first-order valence-electron chi connectivity index (χ1n) is 8.10. The van der Waals surface area contributed by atoms with E-state index in [4.69, 9.17) is 14.9 Å². The minimum absolute atomic E-state index is 0.0568. The average Bonchev–Trinajstić information content (AvgIpc) is 3.09. The van der Waals surface area contributed by atoms with Crippen molar-refractivity contribution in [2.45, 2.75) is 38.0 Å². The van der Waals surface area contributed by atoms with E-state index in [0.29, 0.717) is 19.4 Å². The molecule has 0 aliphatic carbocycles. The predicted octanol–water partition coefficient (Wildman–Crippen LogP) is 0.832. The van der Waals surface area contributed by atoms with Gasteiger partial charge in [0.25, 0.3) is 0 Å². The fourth-order valence-corrected chi connectivity index (χ4v) is 2.70. The third-order valence-electron chi connectivity index (χ3n) is 3.99. The Morgan fingerprint density at radius 3 is 2.50 bits per heavy atom. The number of amides is 2. The number of carbonyl (C=O) groups excluding carboxylic acids is 2. The Bertz CT molecular complexity index is 677. The van der Waals surface area contributed by atoms with E-state index in [2.05, 4.69) is 5.32 Å². The highest BCUT2D eigenvalue weighted by Crippen LogP contribution is 2.19. The van der Waals surface area contributed by atoms with Crippen molar-refractivity contribution in [3.05, 3.63) is 35.9 Å². The molecule has 2 atom stereocenters. The van der Waals surface area contributed by atoms with Crippen LogP contribution in [-0.2, 0) is 25.7 Å². The van der Waals surface area contributed by atoms with E-state index < -0.39 is 42.4 Å². The molecule has 26 heavy (non-hydrogen) atoms. The van der Waals surface area contributed by atoms with E-state index in [1.807, 2.05) is 18.2 Å². The number of hydrogen-bond donors (Lipinski definition) is 3. The number of ether oxygens (including phenoxy) is 1. The lowest BCUT2D eigenvalue weighted by molar-refractivity contribution is -0.147. The maximum Gasteiger partial charge on any atom is 0.410 e. The molecule has 1 heterocycles. The lowest BCUT2D eigenvalue weighted by Crippen LogP contribution is -2.51. The van der Waals surface area contributed by atoms with E-state index in [9.17, 15) is 19.2 Å². The molecule has 2 amide bonds. The lowest BCUT2D eigenvalue weighted by Gasteiger charge is -2.24. The maximum absolute atomic E-state index is 12.3. The second kappa shape index (κ2) is 8.84. The first-order valence-corrected chi connectivity index (χ1v) is 8.10. The Balaban J connectivity index is 1.95. The molecule has 9 nitrogen and oxygen atoms in total. The first-order chi connectivity index (χ1) is 12.4. The minimum atomic E-state index is -1.55. The number of carbonyl (C=O) groups is 4. The predicted molar refractivity (Wildman–Crippen MR) is 88.2 cm³/mol. The second-order valence-electron chi connectivity index (χ2n) is 5.89. The Labute approximate surface area is 149 Å². The number of aliphatic carboxylic acids is 2. The SMILES string of the molecule is O=C(O)C[C@@H](NC(=O)[C@H]1CCCN1C(=O)OCc1ccccc1)C(=O)O. The van der Waals surface area contributed by atoms with Crippen LogP contribution in [0.15, 0.2) is 30.3 Å². The van der Waals surface area contributed by atoms with Crippen molar-refractivity contribution in [3.63, 3.8) is 0 Å². The molecular weight excluding hydrogens is 344 g/mol. The van der Waals surface area contributed by atoms with E-state index in [1.54, 1.807) is 12.1 Å². The fraction of sp³-hybridized carbons (Fsp3) is 0.412. The van der Waals surface area contributed by atoms with Crippen molar-refractivity contribution in [1.29, 1.82) is 0 Å². The molecule has 0 spiro atoms. The van der Waals surface area contributed by atoms with Gasteiger partial charge in [0.1, 0.15) is 18.7 Å². The molecule has 1 aliphatic heterocycles. The van der Waals surface area contributed by atoms with Crippen LogP contribution in [0.3, 0.4) is 0 Å². The third kappa shape index (κ3) is 5.20. The summed E-state index contributed by atoms with van der Waals surface area (Å²) in [5, 5.41) is 19.9. The highest BCUT2D eigenvalue weighted by atomic mass is 16.6. The summed E-state index contributed by atoms with van der Waals surface area (Å²) in [6.45, 7) is 0.365. The van der Waals surface area contributed by atoms with E-state index >= 15 is 0 Å². The normalized spacial score (nSPS) is 17.4. The lowest BCUT2D eigenvalue weighted by atomic mass is 10.1. The minimum Gasteiger partial charge on any atom is -0.481 e. The summed E-state index contributed by atoms with van der Waals surface area (Å²) in [6, 6.07) is 6.61. The topological polar surface area (TPSA) is 133 Å². The van der Waals surface area contributed by atoms with Crippen molar-refractivity contribution in [2.24, 2.45) is 0 Å². The fourth-order valence-electron chi connectivity index (χ4n) is 2.70. The van der Waals surface area contributed by atoms with E-state index in [0.717, 1.165) is 5.56 Å². The van der Waals surface area contributed by atoms with Crippen LogP contribution in [0, 0.1) is 0 Å². The smallest absolute Gasteiger partial charge is 0.410 e. The van der Waals surface area contributed by atoms with Gasteiger partial charge in [-0.1, -0.05) is 30.3 Å². The molecule has 0 saturated carbocycles. The molecule has 0 radical (unpaired) electrons. The highest BCUT2D eigenvalue weighted by Gasteiger charge is 2.37. The standard InChI is InChI=1S/C17H20N2O7/c20-14(21)9-12(16(23)24)18-15(22)13-7-4-8-19(13)17(25)26-10-11-5-2-1-3-6-11/h1-3,5-6,12-13H,4,7-10H2,(H,18,22)(H,20,21)(H,23,24)/t12-,13-/m1/s1. The molecule has 2 rings (SSSR count). The molecule has 1 fully saturated rings. The molecular formula is C17H20N2O7. The van der Waals surface area contributed by atoms with Gasteiger partial charge in [0.05, 0.1) is 6.42 Å². The summed E-state index contributed by atoms with van der Waals surface area (Å²) in [7, 11) is 0. The molecule has 1 aromatic rings. The van der Waals surface area contributed by atoms with Crippen molar-refractivity contribution in [3.8, 4) is 0 Å². The van der Waals surface area contributed by atoms with Crippen molar-refractivity contribution < 1.29 is 34.1 Å². The van der Waals surface area contributed by atoms with Crippen LogP contribution in [0.1, 0.15) is 24.8 Å². The van der Waals surface area contributed by atoms with Crippen LogP contribution < -0.4 is 5.32 Å². The Morgan fingerprint density at radius 1 is 1.19 bits per heavy atom. The van der Waals surface area contributed by atoms with Gasteiger partial charge in [0.15, 0.2) is 0 Å². The summed E-state index contributed by atoms with van der Waals surface area (Å²) < 4.78 is 5.21. The molecule has 1 aliphatic rings. The maximum atomic E-state index is 12.3. The van der Waals surface area contributed by atoms with Gasteiger partial charge < -0.3 is 20.3 Å². The van der Waals surface area contributed by atoms with Crippen LogP contribution >= 0.6 is 0 Å². The molecule has 0 unspecified atom stereocenters. The van der Waals surface area contributed by atoms with Gasteiger partial charge in [-0.05, 0) is 18.4 Å². The molecule has 1 saturated heterocycles. The van der Waals surface area contributed by atoms with Crippen LogP contribution in [0.4, 0.5) is 4.79 Å². The van der Waals surface area contributed by atoms with Gasteiger partial charge in [0.2, 0.25) is 5.91 Å². The Hall–Kier alpha value is -3.10. The van der Waals surface area contributed by atoms with Crippen molar-refractivity contribution >= 4 is 23.9 Å². The van der Waals surface area contributed by atoms with Gasteiger partial charge in [-0.15, -0.1) is 0 Å². The third-order valence-corrected chi connectivity index (χ3v) is 3.99. The number of likely N-dealkylation sites (tertiary alicyclic amines) is 1. The van der Waals surface area contributed by atoms with Gasteiger partial charge in [-0.25, -0.2) is 9.59 Å². The van der Waals surface area contributed by atoms with Gasteiger partial charge >= 0.3 is 18.0 Å². The molecule has 3 N–H and O–H groups in total. The van der Waals surface area contributed by atoms with Crippen LogP contribution in [0.5, 0.6) is 0 Å². The number of benzene rings is 1. The number of carboxylic acid groups (broad SMARTS) is 2. The highest BCUT2D eigenvalue weighted by molar-refractivity contribution is 5.91. The Kier molecular flexibility index (Phi) is 6.54. The quantitative estimate of drug-likeness (QED) is 0.652. The zero-order valence-corrected chi connectivity index (χ0v) is 14.0. The molecule has 1 aromatic carbocycles. The van der Waals surface area contributed by atoms with E-state index in [1.165, 1.54) is 4.90 Å². The van der Waals surface area contributed by atoms with Crippen molar-refractivity contribution in [1.82, 2.24) is 10.2 Å². The summed E-state index contributed by atoms with van der Waals surface area (Å²) in [6.07, 6.45) is -0.496. The summed E-state index contributed by atoms with van der Waals surface area (Å²) in [5.41, 5.74) is 0.799. The molecule has 140 valence electrons.